The first kappa shape index (κ1) is 8.80. The lowest BCUT2D eigenvalue weighted by Gasteiger charge is -2.04. The second-order valence-electron chi connectivity index (χ2n) is 2.45. The van der Waals surface area contributed by atoms with Crippen molar-refractivity contribution in [2.45, 2.75) is 13.8 Å². The van der Waals surface area contributed by atoms with Gasteiger partial charge in [-0.1, -0.05) is 11.6 Å². The molecule has 1 aromatic heterocycles. The maximum atomic E-state index is 11.1. The number of hydrogen-bond donors (Lipinski definition) is 0. The van der Waals surface area contributed by atoms with Crippen LogP contribution in [0.4, 0.5) is 0 Å². The first-order chi connectivity index (χ1) is 5.04. The molecule has 3 nitrogen and oxygen atoms in total. The molecule has 58 valence electrons. The van der Waals surface area contributed by atoms with E-state index in [1.807, 2.05) is 6.92 Å². The molecule has 11 heavy (non-hydrogen) atoms. The van der Waals surface area contributed by atoms with Crippen LogP contribution in [0.25, 0.3) is 0 Å². The lowest BCUT2D eigenvalue weighted by molar-refractivity contribution is 0.857. The summed E-state index contributed by atoms with van der Waals surface area (Å²) in [5.74, 6) is 0. The van der Waals surface area contributed by atoms with Crippen molar-refractivity contribution in [2.75, 3.05) is 0 Å². The second-order valence-corrected chi connectivity index (χ2v) is 3.68. The van der Waals surface area contributed by atoms with Gasteiger partial charge < -0.3 is 3.67 Å². The molecule has 0 spiro atoms. The summed E-state index contributed by atoms with van der Waals surface area (Å²) in [5.41, 5.74) is 1.43. The largest absolute Gasteiger partial charge is 0.404 e. The zero-order valence-corrected chi connectivity index (χ0v) is 9.44. The maximum absolute atomic E-state index is 11.1. The van der Waals surface area contributed by atoms with E-state index in [2.05, 4.69) is 5.10 Å². The van der Waals surface area contributed by atoms with Crippen LogP contribution in [0.5, 0.6) is 0 Å². The Balaban J connectivity index is 3.59. The van der Waals surface area contributed by atoms with Crippen LogP contribution in [-0.2, 0) is 0 Å². The molecule has 0 aromatic carbocycles. The third-order valence-electron chi connectivity index (χ3n) is 1.65. The Morgan fingerprint density at radius 1 is 1.55 bits per heavy atom. The molecule has 0 saturated carbocycles. The minimum atomic E-state index is -0.179. The molecule has 1 rings (SSSR count). The molecule has 0 radical (unpaired) electrons. The van der Waals surface area contributed by atoms with Crippen molar-refractivity contribution in [1.29, 1.82) is 0 Å². The quantitative estimate of drug-likeness (QED) is 0.531. The van der Waals surface area contributed by atoms with Crippen molar-refractivity contribution in [3.8, 4) is 0 Å². The molecule has 0 aliphatic carbocycles. The van der Waals surface area contributed by atoms with Crippen LogP contribution < -0.4 is 5.56 Å². The van der Waals surface area contributed by atoms with E-state index in [4.69, 9.17) is 11.6 Å². The van der Waals surface area contributed by atoms with E-state index in [0.29, 0.717) is 21.5 Å². The predicted molar refractivity (Wildman–Crippen MR) is 46.9 cm³/mol. The summed E-state index contributed by atoms with van der Waals surface area (Å²) >= 11 is 6.32. The molecule has 0 atom stereocenters. The normalized spacial score (nSPS) is 10.1. The van der Waals surface area contributed by atoms with Crippen molar-refractivity contribution in [3.05, 3.63) is 26.6 Å². The summed E-state index contributed by atoms with van der Waals surface area (Å²) in [6, 6.07) is 0. The molecular weight excluding hydrogens is 179 g/mol. The van der Waals surface area contributed by atoms with Crippen molar-refractivity contribution >= 4 is 28.1 Å². The van der Waals surface area contributed by atoms with E-state index in [1.54, 1.807) is 6.92 Å². The first-order valence-electron chi connectivity index (χ1n) is 3.24. The van der Waals surface area contributed by atoms with Gasteiger partial charge >= 0.3 is 16.5 Å². The third kappa shape index (κ3) is 1.48. The molecule has 0 aliphatic heterocycles. The van der Waals surface area contributed by atoms with Crippen LogP contribution in [0, 0.1) is 13.8 Å². The van der Waals surface area contributed by atoms with E-state index in [9.17, 15) is 4.79 Å². The Kier molecular flexibility index (Phi) is 2.38. The summed E-state index contributed by atoms with van der Waals surface area (Å²) in [6.07, 6.45) is 0. The van der Waals surface area contributed by atoms with Gasteiger partial charge in [0.2, 0.25) is 0 Å². The fourth-order valence-corrected chi connectivity index (χ4v) is 1.73. The van der Waals surface area contributed by atoms with E-state index in [1.165, 1.54) is 3.67 Å². The number of rotatable bonds is 0. The molecule has 0 bridgehead atoms. The standard InChI is InChI=1S/C6H7ClN2O.Al.2H/c1-3-4(2)8-9-6(10)5(3)7;;;/h1-2H3,(H,9,10);;;/q;+1;;/p-1. The lowest BCUT2D eigenvalue weighted by atomic mass is 10.2. The Morgan fingerprint density at radius 3 is 2.64 bits per heavy atom. The van der Waals surface area contributed by atoms with E-state index in [-0.39, 0.29) is 5.56 Å². The minimum Gasteiger partial charge on any atom is -0.336 e. The van der Waals surface area contributed by atoms with Gasteiger partial charge in [-0.05, 0) is 19.4 Å². The van der Waals surface area contributed by atoms with E-state index in [0.717, 1.165) is 11.3 Å². The Bertz CT molecular complexity index is 347. The van der Waals surface area contributed by atoms with Gasteiger partial charge in [0.25, 0.3) is 5.56 Å². The summed E-state index contributed by atoms with van der Waals surface area (Å²) < 4.78 is 1.38. The SMILES string of the molecule is Cc1n[n]([AlH2])c(=O)c(Cl)c1C. The molecule has 0 N–H and O–H groups in total. The number of nitrogens with zero attached hydrogens (tertiary/aromatic N) is 2. The molecule has 0 aliphatic rings. The summed E-state index contributed by atoms with van der Waals surface area (Å²) in [7, 11) is 0. The fraction of sp³-hybridized carbons (Fsp3) is 0.333. The molecule has 0 amide bonds. The Morgan fingerprint density at radius 2 is 2.09 bits per heavy atom. The topological polar surface area (TPSA) is 34.9 Å². The van der Waals surface area contributed by atoms with E-state index >= 15 is 0 Å². The Hall–Kier alpha value is -0.298. The fourth-order valence-electron chi connectivity index (χ4n) is 0.807. The molecule has 5 heteroatoms. The maximum Gasteiger partial charge on any atom is 0.404 e. The average Bonchev–Trinajstić information content (AvgIpc) is 1.97. The predicted octanol–water partition coefficient (Wildman–Crippen LogP) is -0.0903. The van der Waals surface area contributed by atoms with Crippen LogP contribution in [0.2, 0.25) is 5.02 Å². The summed E-state index contributed by atoms with van der Waals surface area (Å²) in [6.45, 7) is 3.64. The first-order valence-corrected chi connectivity index (χ1v) is 4.51. The van der Waals surface area contributed by atoms with Crippen LogP contribution in [-0.4, -0.2) is 25.3 Å². The molecule has 1 aromatic rings. The van der Waals surface area contributed by atoms with Gasteiger partial charge in [0.05, 0.1) is 5.69 Å². The van der Waals surface area contributed by atoms with Crippen LogP contribution in [0.3, 0.4) is 0 Å². The highest BCUT2D eigenvalue weighted by molar-refractivity contribution is 6.31. The van der Waals surface area contributed by atoms with Crippen molar-refractivity contribution < 1.29 is 0 Å². The third-order valence-corrected chi connectivity index (χ3v) is 2.70. The highest BCUT2D eigenvalue weighted by Crippen LogP contribution is 2.10. The van der Waals surface area contributed by atoms with Gasteiger partial charge in [-0.2, -0.15) is 0 Å². The monoisotopic (exact) mass is 186 g/mol. The number of halogens is 1. The molecule has 1 heterocycles. The van der Waals surface area contributed by atoms with Crippen molar-refractivity contribution in [2.24, 2.45) is 0 Å². The highest BCUT2D eigenvalue weighted by atomic mass is 35.5. The van der Waals surface area contributed by atoms with Gasteiger partial charge in [-0.15, -0.1) is 0 Å². The minimum absolute atomic E-state index is 0.179. The van der Waals surface area contributed by atoms with Gasteiger partial charge in [0.1, 0.15) is 5.02 Å². The van der Waals surface area contributed by atoms with E-state index < -0.39 is 0 Å². The van der Waals surface area contributed by atoms with Gasteiger partial charge in [-0.25, -0.2) is 5.10 Å². The molecule has 0 fully saturated rings. The lowest BCUT2D eigenvalue weighted by Crippen LogP contribution is -2.23. The average molecular weight is 187 g/mol. The zero-order valence-electron chi connectivity index (χ0n) is 6.68. The molecular formula is C6H8AlClN2O. The van der Waals surface area contributed by atoms with Crippen LogP contribution in [0.1, 0.15) is 11.3 Å². The summed E-state index contributed by atoms with van der Waals surface area (Å²) in [5, 5.41) is 4.31. The highest BCUT2D eigenvalue weighted by Gasteiger charge is 2.05. The van der Waals surface area contributed by atoms with Gasteiger partial charge in [0, 0.05) is 0 Å². The van der Waals surface area contributed by atoms with Crippen molar-refractivity contribution in [3.63, 3.8) is 0 Å². The van der Waals surface area contributed by atoms with Gasteiger partial charge in [0.15, 0.2) is 0 Å². The second kappa shape index (κ2) is 2.98. The number of aromatic nitrogens is 2. The number of aryl methyl sites for hydroxylation is 1. The zero-order chi connectivity index (χ0) is 8.59. The molecule has 0 unspecified atom stereocenters. The van der Waals surface area contributed by atoms with Crippen molar-refractivity contribution in [1.82, 2.24) is 8.76 Å². The number of hydrogen-bond acceptors (Lipinski definition) is 2. The Labute approximate surface area is 77.6 Å². The van der Waals surface area contributed by atoms with Crippen LogP contribution >= 0.6 is 11.6 Å². The molecule has 0 saturated heterocycles. The van der Waals surface area contributed by atoms with Gasteiger partial charge in [-0.3, -0.25) is 4.79 Å². The smallest absolute Gasteiger partial charge is 0.336 e. The van der Waals surface area contributed by atoms with Crippen LogP contribution in [0.15, 0.2) is 4.79 Å². The summed E-state index contributed by atoms with van der Waals surface area (Å²) in [4.78, 5) is 11.1.